The van der Waals surface area contributed by atoms with E-state index in [0.29, 0.717) is 30.8 Å². The maximum Gasteiger partial charge on any atom is 0.223 e. The van der Waals surface area contributed by atoms with E-state index in [-0.39, 0.29) is 0 Å². The zero-order chi connectivity index (χ0) is 17.1. The van der Waals surface area contributed by atoms with E-state index in [1.807, 2.05) is 18.2 Å². The van der Waals surface area contributed by atoms with Crippen LogP contribution < -0.4 is 9.47 Å². The van der Waals surface area contributed by atoms with Crippen LogP contribution in [0.25, 0.3) is 0 Å². The lowest BCUT2D eigenvalue weighted by Crippen LogP contribution is -2.42. The molecule has 1 aliphatic carbocycles. The first-order valence-corrected chi connectivity index (χ1v) is 9.16. The Morgan fingerprint density at radius 3 is 2.75 bits per heavy atom. The normalized spacial score (nSPS) is 26.1. The Morgan fingerprint density at radius 1 is 1.21 bits per heavy atom. The first kappa shape index (κ1) is 17.1. The molecule has 0 N–H and O–H groups in total. The van der Waals surface area contributed by atoms with Crippen LogP contribution in [0.3, 0.4) is 0 Å². The number of hydrogen-bond donors (Lipinski definition) is 0. The molecule has 4 nitrogen and oxygen atoms in total. The van der Waals surface area contributed by atoms with E-state index >= 15 is 0 Å². The highest BCUT2D eigenvalue weighted by atomic mass is 16.5. The SMILES string of the molecule is COc1cccc(CCC(=O)N2C(C)CC3CCCCC32)c1OC. The quantitative estimate of drug-likeness (QED) is 0.823. The maximum atomic E-state index is 12.9. The number of fused-ring (bicyclic) bond motifs is 1. The molecule has 132 valence electrons. The van der Waals surface area contributed by atoms with Gasteiger partial charge in [0, 0.05) is 18.5 Å². The zero-order valence-electron chi connectivity index (χ0n) is 15.1. The summed E-state index contributed by atoms with van der Waals surface area (Å²) in [5, 5.41) is 0. The second-order valence-electron chi connectivity index (χ2n) is 7.15. The molecular weight excluding hydrogens is 302 g/mol. The number of likely N-dealkylation sites (tertiary alicyclic amines) is 1. The summed E-state index contributed by atoms with van der Waals surface area (Å²) in [6, 6.07) is 6.73. The Balaban J connectivity index is 1.67. The van der Waals surface area contributed by atoms with Crippen molar-refractivity contribution in [3.63, 3.8) is 0 Å². The van der Waals surface area contributed by atoms with E-state index in [4.69, 9.17) is 9.47 Å². The predicted octanol–water partition coefficient (Wildman–Crippen LogP) is 3.82. The number of ether oxygens (including phenoxy) is 2. The number of methoxy groups -OCH3 is 2. The Kier molecular flexibility index (Phi) is 5.32. The third-order valence-electron chi connectivity index (χ3n) is 5.73. The van der Waals surface area contributed by atoms with Gasteiger partial charge < -0.3 is 14.4 Å². The average molecular weight is 331 g/mol. The maximum absolute atomic E-state index is 12.9. The van der Waals surface area contributed by atoms with Gasteiger partial charge >= 0.3 is 0 Å². The smallest absolute Gasteiger partial charge is 0.223 e. The van der Waals surface area contributed by atoms with Gasteiger partial charge in [-0.2, -0.15) is 0 Å². The Labute approximate surface area is 145 Å². The van der Waals surface area contributed by atoms with Crippen molar-refractivity contribution in [3.8, 4) is 11.5 Å². The fourth-order valence-corrected chi connectivity index (χ4v) is 4.66. The molecule has 1 saturated carbocycles. The molecule has 2 fully saturated rings. The fourth-order valence-electron chi connectivity index (χ4n) is 4.66. The molecule has 1 aromatic carbocycles. The number of para-hydroxylation sites is 1. The van der Waals surface area contributed by atoms with Crippen LogP contribution in [-0.2, 0) is 11.2 Å². The van der Waals surface area contributed by atoms with Gasteiger partial charge in [0.05, 0.1) is 14.2 Å². The van der Waals surface area contributed by atoms with Gasteiger partial charge in [-0.25, -0.2) is 0 Å². The van der Waals surface area contributed by atoms with Crippen LogP contribution >= 0.6 is 0 Å². The lowest BCUT2D eigenvalue weighted by Gasteiger charge is -2.33. The minimum atomic E-state index is 0.293. The second kappa shape index (κ2) is 7.45. The highest BCUT2D eigenvalue weighted by molar-refractivity contribution is 5.77. The lowest BCUT2D eigenvalue weighted by atomic mass is 9.85. The van der Waals surface area contributed by atoms with Crippen LogP contribution in [-0.4, -0.2) is 37.1 Å². The molecule has 24 heavy (non-hydrogen) atoms. The van der Waals surface area contributed by atoms with Crippen LogP contribution in [0, 0.1) is 5.92 Å². The van der Waals surface area contributed by atoms with E-state index in [9.17, 15) is 4.79 Å². The summed E-state index contributed by atoms with van der Waals surface area (Å²) >= 11 is 0. The Bertz CT molecular complexity index is 586. The van der Waals surface area contributed by atoms with Gasteiger partial charge in [-0.3, -0.25) is 4.79 Å². The average Bonchev–Trinajstić information content (AvgIpc) is 2.94. The monoisotopic (exact) mass is 331 g/mol. The zero-order valence-corrected chi connectivity index (χ0v) is 15.1. The van der Waals surface area contributed by atoms with Crippen LogP contribution in [0.1, 0.15) is 51.0 Å². The lowest BCUT2D eigenvalue weighted by molar-refractivity contribution is -0.134. The number of nitrogens with zero attached hydrogens (tertiary/aromatic N) is 1. The van der Waals surface area contributed by atoms with Crippen LogP contribution in [0.4, 0.5) is 0 Å². The molecule has 3 atom stereocenters. The molecule has 1 aliphatic heterocycles. The number of hydrogen-bond acceptors (Lipinski definition) is 3. The van der Waals surface area contributed by atoms with Gasteiger partial charge in [0.15, 0.2) is 11.5 Å². The number of carbonyl (C=O) groups excluding carboxylic acids is 1. The van der Waals surface area contributed by atoms with Gasteiger partial charge in [0.1, 0.15) is 0 Å². The summed E-state index contributed by atoms with van der Waals surface area (Å²) in [6.45, 7) is 2.21. The van der Waals surface area contributed by atoms with Crippen molar-refractivity contribution in [2.45, 2.75) is 64.0 Å². The second-order valence-corrected chi connectivity index (χ2v) is 7.15. The summed E-state index contributed by atoms with van der Waals surface area (Å²) in [7, 11) is 3.29. The molecule has 1 heterocycles. The number of amides is 1. The largest absolute Gasteiger partial charge is 0.493 e. The number of aryl methyl sites for hydroxylation is 1. The van der Waals surface area contributed by atoms with Crippen molar-refractivity contribution in [2.24, 2.45) is 5.92 Å². The van der Waals surface area contributed by atoms with Crippen LogP contribution in [0.2, 0.25) is 0 Å². The van der Waals surface area contributed by atoms with Crippen LogP contribution in [0.15, 0.2) is 18.2 Å². The molecule has 1 amide bonds. The first-order valence-electron chi connectivity index (χ1n) is 9.16. The molecule has 0 bridgehead atoms. The fraction of sp³-hybridized carbons (Fsp3) is 0.650. The van der Waals surface area contributed by atoms with Gasteiger partial charge in [-0.05, 0) is 50.2 Å². The van der Waals surface area contributed by atoms with Crippen molar-refractivity contribution in [1.29, 1.82) is 0 Å². The van der Waals surface area contributed by atoms with E-state index in [0.717, 1.165) is 23.0 Å². The molecule has 0 aromatic heterocycles. The molecule has 3 unspecified atom stereocenters. The summed E-state index contributed by atoms with van der Waals surface area (Å²) in [5.74, 6) is 2.49. The van der Waals surface area contributed by atoms with Crippen LogP contribution in [0.5, 0.6) is 11.5 Å². The molecule has 1 aromatic rings. The minimum Gasteiger partial charge on any atom is -0.493 e. The number of benzene rings is 1. The van der Waals surface area contributed by atoms with E-state index < -0.39 is 0 Å². The molecule has 2 aliphatic rings. The molecule has 0 spiro atoms. The predicted molar refractivity (Wildman–Crippen MR) is 94.5 cm³/mol. The Morgan fingerprint density at radius 2 is 2.00 bits per heavy atom. The third kappa shape index (κ3) is 3.24. The third-order valence-corrected chi connectivity index (χ3v) is 5.73. The number of carbonyl (C=O) groups is 1. The summed E-state index contributed by atoms with van der Waals surface area (Å²) < 4.78 is 10.8. The van der Waals surface area contributed by atoms with Crippen molar-refractivity contribution in [2.75, 3.05) is 14.2 Å². The highest BCUT2D eigenvalue weighted by Gasteiger charge is 2.42. The van der Waals surface area contributed by atoms with Gasteiger partial charge in [0.25, 0.3) is 0 Å². The van der Waals surface area contributed by atoms with Gasteiger partial charge in [-0.15, -0.1) is 0 Å². The van der Waals surface area contributed by atoms with Gasteiger partial charge in [0.2, 0.25) is 5.91 Å². The van der Waals surface area contributed by atoms with E-state index in [2.05, 4.69) is 11.8 Å². The number of rotatable bonds is 5. The van der Waals surface area contributed by atoms with Crippen molar-refractivity contribution in [1.82, 2.24) is 4.90 Å². The summed E-state index contributed by atoms with van der Waals surface area (Å²) in [5.41, 5.74) is 1.04. The summed E-state index contributed by atoms with van der Waals surface area (Å²) in [6.07, 6.45) is 7.49. The van der Waals surface area contributed by atoms with E-state index in [1.54, 1.807) is 14.2 Å². The Hall–Kier alpha value is -1.71. The molecule has 0 radical (unpaired) electrons. The first-order chi connectivity index (χ1) is 11.7. The minimum absolute atomic E-state index is 0.293. The van der Waals surface area contributed by atoms with E-state index in [1.165, 1.54) is 32.1 Å². The highest BCUT2D eigenvalue weighted by Crippen LogP contribution is 2.40. The van der Waals surface area contributed by atoms with Crippen molar-refractivity contribution in [3.05, 3.63) is 23.8 Å². The molecular formula is C20H29NO3. The molecule has 1 saturated heterocycles. The van der Waals surface area contributed by atoms with Crippen molar-refractivity contribution >= 4 is 5.91 Å². The molecule has 3 rings (SSSR count). The topological polar surface area (TPSA) is 38.8 Å². The molecule has 4 heteroatoms. The summed E-state index contributed by atoms with van der Waals surface area (Å²) in [4.78, 5) is 15.1. The van der Waals surface area contributed by atoms with Crippen molar-refractivity contribution < 1.29 is 14.3 Å². The van der Waals surface area contributed by atoms with Gasteiger partial charge in [-0.1, -0.05) is 25.0 Å². The standard InChI is InChI=1S/C20H29NO3/c1-14-13-16-7-4-5-9-17(16)21(14)19(22)12-11-15-8-6-10-18(23-2)20(15)24-3/h6,8,10,14,16-17H,4-5,7,9,11-13H2,1-3H3.